The zero-order chi connectivity index (χ0) is 18.5. The Hall–Kier alpha value is -2.02. The van der Waals surface area contributed by atoms with Crippen molar-refractivity contribution < 1.29 is 20.4 Å². The maximum absolute atomic E-state index is 10.1. The second-order valence-electron chi connectivity index (χ2n) is 6.71. The molecule has 1 aliphatic heterocycles. The van der Waals surface area contributed by atoms with E-state index in [9.17, 15) is 20.4 Å². The first-order valence-corrected chi connectivity index (χ1v) is 8.79. The first-order valence-electron chi connectivity index (χ1n) is 8.79. The van der Waals surface area contributed by atoms with Gasteiger partial charge in [-0.25, -0.2) is 0 Å². The summed E-state index contributed by atoms with van der Waals surface area (Å²) in [5.74, 6) is 0. The number of rotatable bonds is 5. The van der Waals surface area contributed by atoms with Gasteiger partial charge in [-0.2, -0.15) is 0 Å². The van der Waals surface area contributed by atoms with Crippen molar-refractivity contribution in [2.24, 2.45) is 0 Å². The van der Waals surface area contributed by atoms with Crippen molar-refractivity contribution in [3.63, 3.8) is 0 Å². The highest BCUT2D eigenvalue weighted by molar-refractivity contribution is 5.69. The number of piperidine rings is 1. The second kappa shape index (κ2) is 8.58. The number of hydrogen-bond acceptors (Lipinski definition) is 5. The molecule has 0 spiro atoms. The molecular weight excluding hydrogens is 330 g/mol. The summed E-state index contributed by atoms with van der Waals surface area (Å²) < 4.78 is 0. The van der Waals surface area contributed by atoms with Gasteiger partial charge in [-0.05, 0) is 16.7 Å². The van der Waals surface area contributed by atoms with Crippen LogP contribution in [0.5, 0.6) is 0 Å². The highest BCUT2D eigenvalue weighted by atomic mass is 16.4. The van der Waals surface area contributed by atoms with Gasteiger partial charge in [-0.3, -0.25) is 4.90 Å². The molecule has 0 aromatic heterocycles. The Morgan fingerprint density at radius 2 is 1.46 bits per heavy atom. The standard InChI is InChI=1S/C21H25NO4/c23-14-18-20(25)21(26)19(24)13-22(18)12-17-10-8-16(9-11-17)7-6-15-4-2-1-3-5-15/h1-11,18-21,23-26H,12-14H2/b7-6+/t18-,19-,20+,21+/m0/s1. The van der Waals surface area contributed by atoms with Gasteiger partial charge in [0.25, 0.3) is 0 Å². The Labute approximate surface area is 153 Å². The van der Waals surface area contributed by atoms with Crippen LogP contribution in [0.4, 0.5) is 0 Å². The van der Waals surface area contributed by atoms with Gasteiger partial charge in [0, 0.05) is 13.1 Å². The molecule has 4 N–H and O–H groups in total. The van der Waals surface area contributed by atoms with Crippen LogP contribution in [0.1, 0.15) is 16.7 Å². The lowest BCUT2D eigenvalue weighted by Crippen LogP contribution is -2.62. The molecule has 5 heteroatoms. The monoisotopic (exact) mass is 355 g/mol. The number of likely N-dealkylation sites (tertiary alicyclic amines) is 1. The predicted molar refractivity (Wildman–Crippen MR) is 101 cm³/mol. The van der Waals surface area contributed by atoms with E-state index in [0.717, 1.165) is 16.7 Å². The van der Waals surface area contributed by atoms with E-state index < -0.39 is 24.4 Å². The summed E-state index contributed by atoms with van der Waals surface area (Å²) in [6.07, 6.45) is 0.669. The van der Waals surface area contributed by atoms with Gasteiger partial charge < -0.3 is 20.4 Å². The molecule has 1 fully saturated rings. The Bertz CT molecular complexity index is 717. The van der Waals surface area contributed by atoms with E-state index in [1.165, 1.54) is 0 Å². The molecule has 3 rings (SSSR count). The lowest BCUT2D eigenvalue weighted by Gasteiger charge is -2.43. The highest BCUT2D eigenvalue weighted by Crippen LogP contribution is 2.21. The summed E-state index contributed by atoms with van der Waals surface area (Å²) in [6, 6.07) is 17.5. The SMILES string of the molecule is OC[C@H]1[C@@H](O)[C@H](O)[C@@H](O)CN1Cc1ccc(/C=C/c2ccccc2)cc1. The van der Waals surface area contributed by atoms with Gasteiger partial charge in [0.05, 0.1) is 18.8 Å². The van der Waals surface area contributed by atoms with Crippen LogP contribution in [0, 0.1) is 0 Å². The zero-order valence-corrected chi connectivity index (χ0v) is 14.5. The van der Waals surface area contributed by atoms with E-state index >= 15 is 0 Å². The van der Waals surface area contributed by atoms with Crippen LogP contribution in [-0.4, -0.2) is 62.8 Å². The summed E-state index contributed by atoms with van der Waals surface area (Å²) in [6.45, 7) is 0.413. The van der Waals surface area contributed by atoms with E-state index in [2.05, 4.69) is 6.08 Å². The third-order valence-corrected chi connectivity index (χ3v) is 4.85. The molecule has 0 aliphatic carbocycles. The van der Waals surface area contributed by atoms with Crippen molar-refractivity contribution in [2.75, 3.05) is 13.2 Å². The van der Waals surface area contributed by atoms with Crippen molar-refractivity contribution in [2.45, 2.75) is 30.9 Å². The lowest BCUT2D eigenvalue weighted by atomic mass is 9.93. The zero-order valence-electron chi connectivity index (χ0n) is 14.5. The van der Waals surface area contributed by atoms with Crippen LogP contribution in [0.3, 0.4) is 0 Å². The molecule has 0 bridgehead atoms. The normalized spacial score (nSPS) is 27.1. The average Bonchev–Trinajstić information content (AvgIpc) is 2.67. The molecule has 2 aromatic carbocycles. The van der Waals surface area contributed by atoms with E-state index in [1.807, 2.05) is 60.7 Å². The molecule has 1 aliphatic rings. The molecule has 0 amide bonds. The third-order valence-electron chi connectivity index (χ3n) is 4.85. The van der Waals surface area contributed by atoms with Gasteiger partial charge in [0.2, 0.25) is 0 Å². The molecule has 0 unspecified atom stereocenters. The molecule has 26 heavy (non-hydrogen) atoms. The van der Waals surface area contributed by atoms with E-state index in [0.29, 0.717) is 6.54 Å². The lowest BCUT2D eigenvalue weighted by molar-refractivity contribution is -0.147. The number of benzene rings is 2. The van der Waals surface area contributed by atoms with Crippen LogP contribution in [0.2, 0.25) is 0 Å². The fraction of sp³-hybridized carbons (Fsp3) is 0.333. The minimum Gasteiger partial charge on any atom is -0.395 e. The number of hydrogen-bond donors (Lipinski definition) is 4. The Balaban J connectivity index is 1.66. The molecule has 2 aromatic rings. The number of aliphatic hydroxyl groups excluding tert-OH is 4. The van der Waals surface area contributed by atoms with Gasteiger partial charge >= 0.3 is 0 Å². The first kappa shape index (κ1) is 18.8. The summed E-state index contributed by atoms with van der Waals surface area (Å²) in [4.78, 5) is 1.80. The first-order chi connectivity index (χ1) is 12.6. The number of aliphatic hydroxyl groups is 4. The molecule has 0 saturated carbocycles. The predicted octanol–water partition coefficient (Wildman–Crippen LogP) is 1.12. The Kier molecular flexibility index (Phi) is 6.19. The minimum atomic E-state index is -1.23. The summed E-state index contributed by atoms with van der Waals surface area (Å²) in [5.41, 5.74) is 3.22. The largest absolute Gasteiger partial charge is 0.395 e. The quantitative estimate of drug-likeness (QED) is 0.604. The number of β-amino-alcohol motifs (C(OH)–C–C–N with tert-alkyl or cyclic N) is 1. The smallest absolute Gasteiger partial charge is 0.109 e. The fourth-order valence-corrected chi connectivity index (χ4v) is 3.29. The maximum Gasteiger partial charge on any atom is 0.109 e. The van der Waals surface area contributed by atoms with Crippen molar-refractivity contribution in [3.05, 3.63) is 71.3 Å². The summed E-state index contributed by atoms with van der Waals surface area (Å²) in [5, 5.41) is 39.3. The molecule has 5 nitrogen and oxygen atoms in total. The maximum atomic E-state index is 10.1. The highest BCUT2D eigenvalue weighted by Gasteiger charge is 2.40. The van der Waals surface area contributed by atoms with E-state index in [4.69, 9.17) is 0 Å². The molecule has 0 radical (unpaired) electrons. The van der Waals surface area contributed by atoms with Gasteiger partial charge in [0.1, 0.15) is 12.2 Å². The van der Waals surface area contributed by atoms with Crippen molar-refractivity contribution in [3.8, 4) is 0 Å². The van der Waals surface area contributed by atoms with E-state index in [-0.39, 0.29) is 13.2 Å². The molecule has 138 valence electrons. The molecule has 1 heterocycles. The molecule has 4 atom stereocenters. The third kappa shape index (κ3) is 4.38. The molecular formula is C21H25NO4. The van der Waals surface area contributed by atoms with Crippen LogP contribution >= 0.6 is 0 Å². The van der Waals surface area contributed by atoms with Gasteiger partial charge in [0.15, 0.2) is 0 Å². The Morgan fingerprint density at radius 3 is 2.08 bits per heavy atom. The summed E-state index contributed by atoms with van der Waals surface area (Å²) >= 11 is 0. The average molecular weight is 355 g/mol. The van der Waals surface area contributed by atoms with E-state index in [1.54, 1.807) is 4.90 Å². The topological polar surface area (TPSA) is 84.2 Å². The fourth-order valence-electron chi connectivity index (χ4n) is 3.29. The van der Waals surface area contributed by atoms with Crippen molar-refractivity contribution in [1.29, 1.82) is 0 Å². The number of nitrogens with zero attached hydrogens (tertiary/aromatic N) is 1. The van der Waals surface area contributed by atoms with Crippen LogP contribution in [0.15, 0.2) is 54.6 Å². The Morgan fingerprint density at radius 1 is 0.846 bits per heavy atom. The van der Waals surface area contributed by atoms with Crippen LogP contribution in [-0.2, 0) is 6.54 Å². The minimum absolute atomic E-state index is 0.207. The van der Waals surface area contributed by atoms with Gasteiger partial charge in [-0.1, -0.05) is 66.7 Å². The van der Waals surface area contributed by atoms with Crippen molar-refractivity contribution in [1.82, 2.24) is 4.90 Å². The van der Waals surface area contributed by atoms with Crippen LogP contribution in [0.25, 0.3) is 12.2 Å². The second-order valence-corrected chi connectivity index (χ2v) is 6.71. The summed E-state index contributed by atoms with van der Waals surface area (Å²) in [7, 11) is 0. The molecule has 1 saturated heterocycles. The van der Waals surface area contributed by atoms with Gasteiger partial charge in [-0.15, -0.1) is 0 Å². The van der Waals surface area contributed by atoms with Crippen LogP contribution < -0.4 is 0 Å². The van der Waals surface area contributed by atoms with Crippen molar-refractivity contribution >= 4 is 12.2 Å².